The molecule has 39 heavy (non-hydrogen) atoms. The minimum atomic E-state index is -1.29. The van der Waals surface area contributed by atoms with Gasteiger partial charge in [0, 0.05) is 43.2 Å². The molecule has 8 nitrogen and oxygen atoms in total. The molecule has 5 heterocycles. The van der Waals surface area contributed by atoms with Crippen molar-refractivity contribution in [2.45, 2.75) is 6.04 Å². The molecule has 1 unspecified atom stereocenters. The molecule has 0 radical (unpaired) electrons. The molecule has 0 saturated carbocycles. The summed E-state index contributed by atoms with van der Waals surface area (Å²) in [5, 5.41) is 9.78. The number of hydrogen-bond donors (Lipinski definition) is 0. The van der Waals surface area contributed by atoms with Gasteiger partial charge in [0.25, 0.3) is 0 Å². The Hall–Kier alpha value is -3.85. The molecule has 5 aromatic heterocycles. The molecular formula is C29H28N6O2RuS. The molecule has 0 saturated heterocycles. The second kappa shape index (κ2) is 21.1. The number of hydrogen-bond acceptors (Lipinski definition) is 8. The Kier molecular flexibility index (Phi) is 18.0. The molecule has 0 aliphatic carbocycles. The van der Waals surface area contributed by atoms with Crippen molar-refractivity contribution >= 4 is 17.7 Å². The number of thioether (sulfide) groups is 1. The number of aromatic nitrogens is 5. The second-order valence-electron chi connectivity index (χ2n) is 7.21. The van der Waals surface area contributed by atoms with Crippen LogP contribution in [0, 0.1) is 0 Å². The van der Waals surface area contributed by atoms with Gasteiger partial charge in [-0.05, 0) is 72.7 Å². The maximum absolute atomic E-state index is 9.78. The zero-order valence-electron chi connectivity index (χ0n) is 21.2. The fraction of sp³-hybridized carbons (Fsp3) is 0.103. The van der Waals surface area contributed by atoms with Crippen molar-refractivity contribution in [1.29, 1.82) is 0 Å². The third kappa shape index (κ3) is 14.6. The van der Waals surface area contributed by atoms with Crippen LogP contribution in [0.4, 0.5) is 0 Å². The Bertz CT molecular complexity index is 1080. The molecule has 0 fully saturated rings. The van der Waals surface area contributed by atoms with Crippen molar-refractivity contribution in [2.75, 3.05) is 12.0 Å². The van der Waals surface area contributed by atoms with E-state index >= 15 is 0 Å². The normalized spacial score (nSPS) is 9.90. The van der Waals surface area contributed by atoms with Gasteiger partial charge < -0.3 is 15.6 Å². The molecule has 0 spiro atoms. The van der Waals surface area contributed by atoms with Crippen LogP contribution < -0.4 is 5.11 Å². The Morgan fingerprint density at radius 3 is 1.15 bits per heavy atom. The zero-order valence-corrected chi connectivity index (χ0v) is 23.8. The monoisotopic (exact) mass is 626 g/mol. The maximum Gasteiger partial charge on any atom is 2.00 e. The first-order valence-electron chi connectivity index (χ1n) is 11.5. The summed E-state index contributed by atoms with van der Waals surface area (Å²) in [5.41, 5.74) is 10.4. The van der Waals surface area contributed by atoms with Gasteiger partial charge in [0.15, 0.2) is 0 Å². The Morgan fingerprint density at radius 2 is 1.00 bits per heavy atom. The second-order valence-corrected chi connectivity index (χ2v) is 8.12. The number of carboxylic acid groups (broad SMARTS) is 1. The molecule has 0 aromatic carbocycles. The Labute approximate surface area is 246 Å². The predicted octanol–water partition coefficient (Wildman–Crippen LogP) is 4.89. The largest absolute Gasteiger partial charge is 2.00 e. The van der Waals surface area contributed by atoms with Crippen molar-refractivity contribution in [2.24, 2.45) is 0 Å². The SMILES string of the molecule is CSCC([NH-])C(=O)[O-].[Ru+2].c1ccc(-c2ccccn2)nc1.c1ccc(-c2ccccn2)nc1.c1ccncc1. The van der Waals surface area contributed by atoms with Gasteiger partial charge in [0.1, 0.15) is 0 Å². The van der Waals surface area contributed by atoms with Crippen LogP contribution in [0.25, 0.3) is 28.5 Å². The zero-order chi connectivity index (χ0) is 27.3. The van der Waals surface area contributed by atoms with Gasteiger partial charge in [-0.15, -0.1) is 0 Å². The number of nitrogens with one attached hydrogen (secondary N) is 1. The summed E-state index contributed by atoms with van der Waals surface area (Å²) < 4.78 is 0. The predicted molar refractivity (Wildman–Crippen MR) is 151 cm³/mol. The van der Waals surface area contributed by atoms with Crippen molar-refractivity contribution in [3.8, 4) is 22.8 Å². The summed E-state index contributed by atoms with van der Waals surface area (Å²) in [5.74, 6) is -0.984. The van der Waals surface area contributed by atoms with Gasteiger partial charge in [0.05, 0.1) is 22.8 Å². The molecule has 10 heteroatoms. The van der Waals surface area contributed by atoms with E-state index in [1.807, 2.05) is 91.0 Å². The summed E-state index contributed by atoms with van der Waals surface area (Å²) in [7, 11) is 0. The average Bonchev–Trinajstić information content (AvgIpc) is 3.01. The smallest absolute Gasteiger partial charge is 0.669 e. The number of carboxylic acids is 1. The molecule has 0 aliphatic rings. The van der Waals surface area contributed by atoms with Crippen LogP contribution in [-0.4, -0.2) is 48.9 Å². The fourth-order valence-electron chi connectivity index (χ4n) is 2.60. The number of carbonyl (C=O) groups is 1. The summed E-state index contributed by atoms with van der Waals surface area (Å²) in [4.78, 5) is 30.3. The van der Waals surface area contributed by atoms with Crippen LogP contribution in [-0.2, 0) is 24.3 Å². The van der Waals surface area contributed by atoms with Crippen LogP contribution in [0.2, 0.25) is 0 Å². The number of rotatable bonds is 5. The summed E-state index contributed by atoms with van der Waals surface area (Å²) in [6, 6.07) is 27.8. The number of carbonyl (C=O) groups excluding carboxylic acids is 1. The van der Waals surface area contributed by atoms with E-state index in [1.54, 1.807) is 43.4 Å². The molecular weight excluding hydrogens is 597 g/mol. The van der Waals surface area contributed by atoms with E-state index < -0.39 is 12.0 Å². The van der Waals surface area contributed by atoms with E-state index in [-0.39, 0.29) is 19.5 Å². The van der Waals surface area contributed by atoms with Gasteiger partial charge in [-0.3, -0.25) is 24.9 Å². The number of nitrogens with zero attached hydrogens (tertiary/aromatic N) is 5. The molecule has 1 atom stereocenters. The summed E-state index contributed by atoms with van der Waals surface area (Å²) in [6.07, 6.45) is 12.3. The summed E-state index contributed by atoms with van der Waals surface area (Å²) in [6.45, 7) is 0. The number of aliphatic carboxylic acids is 1. The fourth-order valence-corrected chi connectivity index (χ4v) is 3.07. The molecule has 0 bridgehead atoms. The first kappa shape index (κ1) is 33.2. The van der Waals surface area contributed by atoms with Crippen molar-refractivity contribution in [3.05, 3.63) is 134 Å². The van der Waals surface area contributed by atoms with Crippen LogP contribution in [0.1, 0.15) is 0 Å². The van der Waals surface area contributed by atoms with E-state index in [1.165, 1.54) is 11.8 Å². The Morgan fingerprint density at radius 1 is 0.667 bits per heavy atom. The molecule has 200 valence electrons. The van der Waals surface area contributed by atoms with E-state index in [0.29, 0.717) is 5.75 Å². The third-order valence-corrected chi connectivity index (χ3v) is 5.04. The topological polar surface area (TPSA) is 128 Å². The minimum Gasteiger partial charge on any atom is -0.669 e. The molecule has 0 aliphatic heterocycles. The van der Waals surface area contributed by atoms with E-state index in [9.17, 15) is 9.90 Å². The van der Waals surface area contributed by atoms with E-state index in [2.05, 4.69) is 24.9 Å². The molecule has 0 amide bonds. The van der Waals surface area contributed by atoms with Gasteiger partial charge in [-0.25, -0.2) is 0 Å². The third-order valence-electron chi connectivity index (χ3n) is 4.37. The van der Waals surface area contributed by atoms with Crippen LogP contribution in [0.5, 0.6) is 0 Å². The van der Waals surface area contributed by atoms with Gasteiger partial charge >= 0.3 is 19.5 Å². The van der Waals surface area contributed by atoms with Gasteiger partial charge in [0.2, 0.25) is 0 Å². The first-order chi connectivity index (χ1) is 18.6. The quantitative estimate of drug-likeness (QED) is 0.253. The minimum absolute atomic E-state index is 0. The maximum atomic E-state index is 9.78. The number of pyridine rings is 5. The van der Waals surface area contributed by atoms with Crippen LogP contribution in [0.15, 0.2) is 128 Å². The Balaban J connectivity index is 0.000000267. The van der Waals surface area contributed by atoms with E-state index in [4.69, 9.17) is 5.73 Å². The van der Waals surface area contributed by atoms with Gasteiger partial charge in [-0.1, -0.05) is 36.4 Å². The molecule has 5 rings (SSSR count). The molecule has 5 aromatic rings. The standard InChI is InChI=1S/2C10H8N2.C5H5N.C4H8NO2S.Ru/c2*1-3-7-11-9(5-1)10-6-2-4-8-12-10;1-2-4-6-5-3-1;1-8-2-3(5)4(6)7;/h2*1-8H;1-5H;3,5H,2H2,1H3,(H,6,7);/q;;;-1;+2/p-1. The first-order valence-corrected chi connectivity index (χ1v) is 12.9. The van der Waals surface area contributed by atoms with Crippen LogP contribution >= 0.6 is 11.8 Å². The van der Waals surface area contributed by atoms with E-state index in [0.717, 1.165) is 22.8 Å². The van der Waals surface area contributed by atoms with Gasteiger partial charge in [-0.2, -0.15) is 11.8 Å². The molecule has 1 N–H and O–H groups in total. The van der Waals surface area contributed by atoms with Crippen molar-refractivity contribution in [3.63, 3.8) is 0 Å². The summed E-state index contributed by atoms with van der Waals surface area (Å²) >= 11 is 1.33. The van der Waals surface area contributed by atoms with Crippen LogP contribution in [0.3, 0.4) is 0 Å². The van der Waals surface area contributed by atoms with Crippen molar-refractivity contribution in [1.82, 2.24) is 24.9 Å². The van der Waals surface area contributed by atoms with Crippen molar-refractivity contribution < 1.29 is 29.4 Å². The average molecular weight is 626 g/mol.